The number of rotatable bonds is 5. The highest BCUT2D eigenvalue weighted by Gasteiger charge is 2.28. The van der Waals surface area contributed by atoms with E-state index in [0.717, 1.165) is 33.5 Å². The molecule has 1 heterocycles. The molecule has 25 heavy (non-hydrogen) atoms. The third-order valence-corrected chi connectivity index (χ3v) is 5.93. The molecule has 0 atom stereocenters. The van der Waals surface area contributed by atoms with Crippen molar-refractivity contribution in [3.8, 4) is 0 Å². The molecule has 0 spiro atoms. The van der Waals surface area contributed by atoms with Gasteiger partial charge in [0.15, 0.2) is 0 Å². The molecule has 0 fully saturated rings. The second-order valence-electron chi connectivity index (χ2n) is 5.77. The summed E-state index contributed by atoms with van der Waals surface area (Å²) in [5.74, 6) is 1.49. The van der Waals surface area contributed by atoms with Gasteiger partial charge in [0, 0.05) is 27.1 Å². The number of thioether (sulfide) groups is 1. The molecular weight excluding hydrogens is 395 g/mol. The van der Waals surface area contributed by atoms with E-state index in [1.807, 2.05) is 55.4 Å². The van der Waals surface area contributed by atoms with Crippen LogP contribution >= 0.6 is 47.5 Å². The van der Waals surface area contributed by atoms with Gasteiger partial charge in [-0.15, -0.1) is 12.4 Å². The third kappa shape index (κ3) is 4.86. The van der Waals surface area contributed by atoms with Crippen LogP contribution in [0.1, 0.15) is 0 Å². The lowest BCUT2D eigenvalue weighted by atomic mass is 10.2. The summed E-state index contributed by atoms with van der Waals surface area (Å²) < 4.78 is 0. The number of amides is 1. The number of hydrogen-bond donors (Lipinski definition) is 0. The van der Waals surface area contributed by atoms with Gasteiger partial charge in [-0.25, -0.2) is 0 Å². The van der Waals surface area contributed by atoms with Crippen LogP contribution in [0.15, 0.2) is 52.3 Å². The number of halogens is 2. The zero-order valence-electron chi connectivity index (χ0n) is 14.1. The minimum atomic E-state index is 0. The summed E-state index contributed by atoms with van der Waals surface area (Å²) in [5, 5.41) is 0.645. The van der Waals surface area contributed by atoms with Crippen LogP contribution < -0.4 is 4.90 Å². The van der Waals surface area contributed by atoms with Crippen molar-refractivity contribution in [1.29, 1.82) is 0 Å². The first-order chi connectivity index (χ1) is 11.6. The lowest BCUT2D eigenvalue weighted by Crippen LogP contribution is -2.30. The summed E-state index contributed by atoms with van der Waals surface area (Å²) >= 11 is 9.52. The Kier molecular flexibility index (Phi) is 7.52. The van der Waals surface area contributed by atoms with Crippen LogP contribution in [0.3, 0.4) is 0 Å². The molecule has 134 valence electrons. The summed E-state index contributed by atoms with van der Waals surface area (Å²) in [6.45, 7) is 0.965. The maximum atomic E-state index is 12.9. The molecule has 3 nitrogen and oxygen atoms in total. The quantitative estimate of drug-likeness (QED) is 0.628. The highest BCUT2D eigenvalue weighted by molar-refractivity contribution is 8.00. The number of nitrogens with zero attached hydrogens (tertiary/aromatic N) is 2. The first-order valence-corrected chi connectivity index (χ1v) is 10.0. The van der Waals surface area contributed by atoms with Crippen LogP contribution in [0.5, 0.6) is 0 Å². The van der Waals surface area contributed by atoms with Gasteiger partial charge in [0.2, 0.25) is 5.91 Å². The summed E-state index contributed by atoms with van der Waals surface area (Å²) in [7, 11) is 4.08. The lowest BCUT2D eigenvalue weighted by Gasteiger charge is -2.31. The number of anilines is 2. The molecule has 2 aromatic rings. The molecule has 1 aliphatic rings. The van der Waals surface area contributed by atoms with E-state index in [2.05, 4.69) is 11.0 Å². The summed E-state index contributed by atoms with van der Waals surface area (Å²) in [6.07, 6.45) is 0. The van der Waals surface area contributed by atoms with Crippen LogP contribution in [0.2, 0.25) is 5.02 Å². The van der Waals surface area contributed by atoms with Crippen LogP contribution in [0.25, 0.3) is 0 Å². The van der Waals surface area contributed by atoms with Crippen molar-refractivity contribution < 1.29 is 4.79 Å². The van der Waals surface area contributed by atoms with Crippen LogP contribution in [0, 0.1) is 0 Å². The number of hydrogen-bond acceptors (Lipinski definition) is 4. The average Bonchev–Trinajstić information content (AvgIpc) is 2.56. The highest BCUT2D eigenvalue weighted by atomic mass is 35.5. The molecule has 0 N–H and O–H groups in total. The molecule has 0 aliphatic carbocycles. The largest absolute Gasteiger partial charge is 0.309 e. The average molecular weight is 415 g/mol. The monoisotopic (exact) mass is 414 g/mol. The summed E-state index contributed by atoms with van der Waals surface area (Å²) in [4.78, 5) is 19.0. The fourth-order valence-electron chi connectivity index (χ4n) is 2.47. The topological polar surface area (TPSA) is 23.6 Å². The molecule has 0 aromatic heterocycles. The molecule has 0 saturated heterocycles. The summed E-state index contributed by atoms with van der Waals surface area (Å²) in [6, 6.07) is 13.7. The molecule has 1 aliphatic heterocycles. The van der Waals surface area contributed by atoms with E-state index in [1.165, 1.54) is 0 Å². The molecule has 7 heteroatoms. The third-order valence-electron chi connectivity index (χ3n) is 3.65. The predicted molar refractivity (Wildman–Crippen MR) is 112 cm³/mol. The van der Waals surface area contributed by atoms with Crippen molar-refractivity contribution in [2.75, 3.05) is 37.0 Å². The maximum Gasteiger partial charge on any atom is 0.241 e. The molecule has 3 rings (SSSR count). The van der Waals surface area contributed by atoms with Gasteiger partial charge < -0.3 is 4.90 Å². The van der Waals surface area contributed by atoms with Gasteiger partial charge in [-0.1, -0.05) is 35.5 Å². The molecule has 0 unspecified atom stereocenters. The van der Waals surface area contributed by atoms with Crippen molar-refractivity contribution in [3.05, 3.63) is 47.5 Å². The van der Waals surface area contributed by atoms with E-state index < -0.39 is 0 Å². The Balaban J connectivity index is 0.00000225. The molecular formula is C18H20Cl2N2OS2. The Morgan fingerprint density at radius 1 is 1.16 bits per heavy atom. The van der Waals surface area contributed by atoms with Gasteiger partial charge in [-0.2, -0.15) is 11.8 Å². The van der Waals surface area contributed by atoms with Crippen molar-refractivity contribution >= 4 is 64.8 Å². The maximum absolute atomic E-state index is 12.9. The van der Waals surface area contributed by atoms with Crippen LogP contribution in [-0.2, 0) is 4.79 Å². The fourth-order valence-corrected chi connectivity index (χ4v) is 4.61. The zero-order valence-corrected chi connectivity index (χ0v) is 17.3. The van der Waals surface area contributed by atoms with Gasteiger partial charge in [0.25, 0.3) is 0 Å². The van der Waals surface area contributed by atoms with Crippen molar-refractivity contribution in [3.63, 3.8) is 0 Å². The van der Waals surface area contributed by atoms with E-state index in [9.17, 15) is 4.79 Å². The van der Waals surface area contributed by atoms with E-state index >= 15 is 0 Å². The summed E-state index contributed by atoms with van der Waals surface area (Å²) in [5.41, 5.74) is 1.82. The lowest BCUT2D eigenvalue weighted by molar-refractivity contribution is -0.115. The smallest absolute Gasteiger partial charge is 0.241 e. The van der Waals surface area contributed by atoms with Gasteiger partial charge in [0.1, 0.15) is 0 Å². The highest BCUT2D eigenvalue weighted by Crippen LogP contribution is 2.48. The number of carbonyl (C=O) groups excluding carboxylic acids is 1. The minimum absolute atomic E-state index is 0. The number of benzene rings is 2. The first kappa shape index (κ1) is 20.5. The molecule has 0 saturated carbocycles. The standard InChI is InChI=1S/C18H19ClN2OS2.ClH/c1-20(2)9-10-23-12-18(22)21-14-5-3-4-6-16(14)24-17-8-7-13(19)11-15(17)21;/h3-8,11H,9-10,12H2,1-2H3;1H. The van der Waals surface area contributed by atoms with E-state index in [-0.39, 0.29) is 18.3 Å². The number of fused-ring (bicyclic) bond motifs is 2. The van der Waals surface area contributed by atoms with Crippen molar-refractivity contribution in [2.45, 2.75) is 9.79 Å². The normalized spacial score (nSPS) is 12.4. The molecule has 2 aromatic carbocycles. The Morgan fingerprint density at radius 2 is 1.88 bits per heavy atom. The van der Waals surface area contributed by atoms with Gasteiger partial charge in [-0.05, 0) is 44.4 Å². The van der Waals surface area contributed by atoms with Crippen molar-refractivity contribution in [1.82, 2.24) is 4.90 Å². The van der Waals surface area contributed by atoms with Gasteiger partial charge >= 0.3 is 0 Å². The Bertz CT molecular complexity index is 756. The first-order valence-electron chi connectivity index (χ1n) is 7.68. The SMILES string of the molecule is CN(C)CCSCC(=O)N1c2ccccc2Sc2ccc(Cl)cc21.Cl. The van der Waals surface area contributed by atoms with Gasteiger partial charge in [-0.3, -0.25) is 9.69 Å². The van der Waals surface area contributed by atoms with Gasteiger partial charge in [0.05, 0.1) is 17.1 Å². The number of para-hydroxylation sites is 1. The minimum Gasteiger partial charge on any atom is -0.309 e. The zero-order chi connectivity index (χ0) is 17.1. The predicted octanol–water partition coefficient (Wildman–Crippen LogP) is 5.19. The number of carbonyl (C=O) groups is 1. The molecule has 0 bridgehead atoms. The van der Waals surface area contributed by atoms with Crippen LogP contribution in [-0.4, -0.2) is 43.0 Å². The molecule has 1 amide bonds. The Hall–Kier alpha value is -0.850. The van der Waals surface area contributed by atoms with Crippen molar-refractivity contribution in [2.24, 2.45) is 0 Å². The molecule has 0 radical (unpaired) electrons. The van der Waals surface area contributed by atoms with E-state index in [4.69, 9.17) is 11.6 Å². The Morgan fingerprint density at radius 3 is 2.64 bits per heavy atom. The fraction of sp³-hybridized carbons (Fsp3) is 0.278. The second kappa shape index (κ2) is 9.19. The second-order valence-corrected chi connectivity index (χ2v) is 8.39. The van der Waals surface area contributed by atoms with E-state index in [0.29, 0.717) is 10.8 Å². The van der Waals surface area contributed by atoms with E-state index in [1.54, 1.807) is 23.5 Å². The Labute approximate surface area is 168 Å². The van der Waals surface area contributed by atoms with Crippen LogP contribution in [0.4, 0.5) is 11.4 Å².